The van der Waals surface area contributed by atoms with Crippen molar-refractivity contribution in [2.45, 2.75) is 70.4 Å². The number of likely N-dealkylation sites (tertiary alicyclic amines) is 2. The number of amides is 1. The van der Waals surface area contributed by atoms with Gasteiger partial charge in [0.25, 0.3) is 0 Å². The van der Waals surface area contributed by atoms with Crippen molar-refractivity contribution in [3.05, 3.63) is 35.9 Å². The Bertz CT molecular complexity index is 673. The average Bonchev–Trinajstić information content (AvgIpc) is 3.08. The van der Waals surface area contributed by atoms with Crippen molar-refractivity contribution in [1.29, 1.82) is 0 Å². The van der Waals surface area contributed by atoms with Gasteiger partial charge in [0.05, 0.1) is 0 Å². The van der Waals surface area contributed by atoms with Gasteiger partial charge < -0.3 is 15.5 Å². The van der Waals surface area contributed by atoms with E-state index in [1.54, 1.807) is 0 Å². The first-order valence-corrected chi connectivity index (χ1v) is 13.2. The van der Waals surface area contributed by atoms with Gasteiger partial charge in [-0.05, 0) is 82.1 Å². The number of carbonyl (C=O) groups is 1. The zero-order chi connectivity index (χ0) is 22.0. The Hall–Kier alpha value is -1.43. The Labute approximate surface area is 195 Å². The van der Waals surface area contributed by atoms with Gasteiger partial charge in [0.1, 0.15) is 0 Å². The molecule has 3 heterocycles. The van der Waals surface area contributed by atoms with Crippen LogP contribution in [0, 0.1) is 11.8 Å². The molecule has 3 aliphatic heterocycles. The predicted octanol–water partition coefficient (Wildman–Crippen LogP) is 3.65. The van der Waals surface area contributed by atoms with E-state index in [9.17, 15) is 4.79 Å². The molecule has 0 radical (unpaired) electrons. The molecule has 1 amide bonds. The minimum absolute atomic E-state index is 0.240. The van der Waals surface area contributed by atoms with Crippen molar-refractivity contribution in [1.82, 2.24) is 20.4 Å². The molecule has 0 unspecified atom stereocenters. The first-order chi connectivity index (χ1) is 15.8. The maximum atomic E-state index is 12.3. The highest BCUT2D eigenvalue weighted by Gasteiger charge is 2.36. The molecule has 5 nitrogen and oxygen atoms in total. The second-order valence-corrected chi connectivity index (χ2v) is 10.4. The summed E-state index contributed by atoms with van der Waals surface area (Å²) in [7, 11) is 0. The van der Waals surface area contributed by atoms with Gasteiger partial charge in [-0.3, -0.25) is 9.69 Å². The molecule has 32 heavy (non-hydrogen) atoms. The number of piperidine rings is 2. The predicted molar refractivity (Wildman–Crippen MR) is 131 cm³/mol. The van der Waals surface area contributed by atoms with Crippen LogP contribution >= 0.6 is 0 Å². The Balaban J connectivity index is 1.10. The van der Waals surface area contributed by atoms with Gasteiger partial charge in [-0.15, -0.1) is 0 Å². The van der Waals surface area contributed by atoms with E-state index in [1.807, 2.05) is 0 Å². The van der Waals surface area contributed by atoms with Crippen LogP contribution in [0.3, 0.4) is 0 Å². The van der Waals surface area contributed by atoms with Gasteiger partial charge in [0.15, 0.2) is 0 Å². The van der Waals surface area contributed by atoms with Crippen LogP contribution in [0.1, 0.15) is 63.4 Å². The van der Waals surface area contributed by atoms with E-state index < -0.39 is 0 Å². The fourth-order valence-electron chi connectivity index (χ4n) is 6.04. The van der Waals surface area contributed by atoms with E-state index in [0.717, 1.165) is 57.3 Å². The first kappa shape index (κ1) is 23.7. The van der Waals surface area contributed by atoms with Gasteiger partial charge in [0.2, 0.25) is 5.91 Å². The van der Waals surface area contributed by atoms with Gasteiger partial charge in [-0.25, -0.2) is 0 Å². The molecular weight excluding hydrogens is 396 g/mol. The molecule has 2 N–H and O–H groups in total. The van der Waals surface area contributed by atoms with Crippen molar-refractivity contribution < 1.29 is 4.79 Å². The number of rotatable bonds is 10. The number of carbonyl (C=O) groups excluding carboxylic acids is 1. The second-order valence-electron chi connectivity index (χ2n) is 10.4. The number of benzene rings is 1. The normalized spacial score (nSPS) is 27.1. The van der Waals surface area contributed by atoms with Crippen LogP contribution in [-0.2, 0) is 11.3 Å². The lowest BCUT2D eigenvalue weighted by atomic mass is 9.79. The van der Waals surface area contributed by atoms with E-state index in [2.05, 4.69) is 50.8 Å². The summed E-state index contributed by atoms with van der Waals surface area (Å²) in [6, 6.07) is 11.4. The number of hydrogen-bond donors (Lipinski definition) is 2. The van der Waals surface area contributed by atoms with E-state index in [1.165, 1.54) is 63.8 Å². The molecule has 0 saturated carbocycles. The molecule has 3 saturated heterocycles. The highest BCUT2D eigenvalue weighted by molar-refractivity contribution is 5.75. The number of hydrogen-bond acceptors (Lipinski definition) is 4. The van der Waals surface area contributed by atoms with E-state index in [-0.39, 0.29) is 5.91 Å². The summed E-state index contributed by atoms with van der Waals surface area (Å²) >= 11 is 0. The molecule has 3 fully saturated rings. The van der Waals surface area contributed by atoms with Crippen LogP contribution in [0.25, 0.3) is 0 Å². The molecule has 1 aromatic carbocycles. The van der Waals surface area contributed by atoms with Crippen LogP contribution in [0.15, 0.2) is 30.3 Å². The Morgan fingerprint density at radius 1 is 1.00 bits per heavy atom. The molecule has 0 aliphatic carbocycles. The van der Waals surface area contributed by atoms with Crippen molar-refractivity contribution >= 4 is 5.91 Å². The summed E-state index contributed by atoms with van der Waals surface area (Å²) in [6.07, 6.45) is 10.7. The Morgan fingerprint density at radius 3 is 2.62 bits per heavy atom. The smallest absolute Gasteiger partial charge is 0.219 e. The third-order valence-corrected chi connectivity index (χ3v) is 7.72. The summed E-state index contributed by atoms with van der Waals surface area (Å²) in [5.74, 6) is 1.74. The topological polar surface area (TPSA) is 47.6 Å². The summed E-state index contributed by atoms with van der Waals surface area (Å²) in [5, 5.41) is 6.97. The van der Waals surface area contributed by atoms with Gasteiger partial charge >= 0.3 is 0 Å². The highest BCUT2D eigenvalue weighted by Crippen LogP contribution is 2.31. The zero-order valence-corrected chi connectivity index (χ0v) is 19.9. The SMILES string of the molecule is O=C(CCC[C@H]1NC[C@@H]2C[C@@H]1CN(Cc1ccccc1)C2)NCCCN1CCCCCC1. The van der Waals surface area contributed by atoms with Crippen molar-refractivity contribution in [3.8, 4) is 0 Å². The first-order valence-electron chi connectivity index (χ1n) is 13.2. The van der Waals surface area contributed by atoms with Crippen molar-refractivity contribution in [2.75, 3.05) is 45.8 Å². The maximum Gasteiger partial charge on any atom is 0.219 e. The van der Waals surface area contributed by atoms with E-state index in [0.29, 0.717) is 12.5 Å². The number of nitrogens with one attached hydrogen (secondary N) is 2. The standard InChI is InChI=1S/C27H44N4O/c32-27(28-14-9-17-30-15-6-1-2-7-16-30)13-8-12-26-25-18-24(19-29-26)21-31(22-25)20-23-10-4-3-5-11-23/h3-5,10-11,24-26,29H,1-2,6-9,12-22H2,(H,28,32)/t24-,25+,26+/m0/s1. The monoisotopic (exact) mass is 440 g/mol. The Morgan fingerprint density at radius 2 is 1.81 bits per heavy atom. The van der Waals surface area contributed by atoms with E-state index in [4.69, 9.17) is 0 Å². The lowest BCUT2D eigenvalue weighted by Gasteiger charge is -2.46. The average molecular weight is 441 g/mol. The van der Waals surface area contributed by atoms with Crippen LogP contribution in [0.5, 0.6) is 0 Å². The lowest BCUT2D eigenvalue weighted by Crippen LogP contribution is -2.55. The van der Waals surface area contributed by atoms with E-state index >= 15 is 0 Å². The molecular formula is C27H44N4O. The molecule has 3 aliphatic rings. The third-order valence-electron chi connectivity index (χ3n) is 7.72. The molecule has 5 heteroatoms. The lowest BCUT2D eigenvalue weighted by molar-refractivity contribution is -0.121. The van der Waals surface area contributed by atoms with Gasteiger partial charge in [-0.2, -0.15) is 0 Å². The quantitative estimate of drug-likeness (QED) is 0.545. The second kappa shape index (κ2) is 12.7. The van der Waals surface area contributed by atoms with Crippen LogP contribution < -0.4 is 10.6 Å². The fraction of sp³-hybridized carbons (Fsp3) is 0.741. The van der Waals surface area contributed by atoms with Crippen LogP contribution in [-0.4, -0.2) is 67.6 Å². The Kier molecular flexibility index (Phi) is 9.42. The van der Waals surface area contributed by atoms with Gasteiger partial charge in [-0.1, -0.05) is 43.2 Å². The number of nitrogens with zero attached hydrogens (tertiary/aromatic N) is 2. The summed E-state index contributed by atoms with van der Waals surface area (Å²) in [6.45, 7) is 9.05. The molecule has 0 aromatic heterocycles. The van der Waals surface area contributed by atoms with Crippen molar-refractivity contribution in [3.63, 3.8) is 0 Å². The molecule has 2 bridgehead atoms. The third kappa shape index (κ3) is 7.57. The highest BCUT2D eigenvalue weighted by atomic mass is 16.1. The zero-order valence-electron chi connectivity index (χ0n) is 19.9. The molecule has 0 spiro atoms. The fourth-order valence-corrected chi connectivity index (χ4v) is 6.04. The van der Waals surface area contributed by atoms with Gasteiger partial charge in [0, 0.05) is 38.6 Å². The summed E-state index contributed by atoms with van der Waals surface area (Å²) in [4.78, 5) is 17.5. The minimum Gasteiger partial charge on any atom is -0.356 e. The largest absolute Gasteiger partial charge is 0.356 e. The minimum atomic E-state index is 0.240. The van der Waals surface area contributed by atoms with Crippen LogP contribution in [0.2, 0.25) is 0 Å². The summed E-state index contributed by atoms with van der Waals surface area (Å²) < 4.78 is 0. The molecule has 3 atom stereocenters. The maximum absolute atomic E-state index is 12.3. The van der Waals surface area contributed by atoms with Crippen molar-refractivity contribution in [2.24, 2.45) is 11.8 Å². The molecule has 178 valence electrons. The number of fused-ring (bicyclic) bond motifs is 2. The molecule has 1 aromatic rings. The summed E-state index contributed by atoms with van der Waals surface area (Å²) in [5.41, 5.74) is 1.42. The molecule has 4 rings (SSSR count). The van der Waals surface area contributed by atoms with Crippen LogP contribution in [0.4, 0.5) is 0 Å².